The summed E-state index contributed by atoms with van der Waals surface area (Å²) in [4.78, 5) is 9.53. The SMILES string of the molecule is CC1CCN(C(N)=NCC(C)(C)N2CCCCC2)CC1.I. The zero-order valence-corrected chi connectivity index (χ0v) is 16.3. The van der Waals surface area contributed by atoms with E-state index in [0.717, 1.165) is 31.5 Å². The summed E-state index contributed by atoms with van der Waals surface area (Å²) in [6.45, 7) is 12.3. The van der Waals surface area contributed by atoms with E-state index in [1.165, 1.54) is 45.2 Å². The van der Waals surface area contributed by atoms with Crippen molar-refractivity contribution in [1.29, 1.82) is 0 Å². The molecule has 2 saturated heterocycles. The third-order valence-electron chi connectivity index (χ3n) is 4.95. The van der Waals surface area contributed by atoms with Crippen molar-refractivity contribution in [3.63, 3.8) is 0 Å². The predicted octanol–water partition coefficient (Wildman–Crippen LogP) is 2.92. The lowest BCUT2D eigenvalue weighted by atomic mass is 9.98. The number of hydrogen-bond acceptors (Lipinski definition) is 2. The summed E-state index contributed by atoms with van der Waals surface area (Å²) in [6.07, 6.45) is 6.51. The fourth-order valence-electron chi connectivity index (χ4n) is 3.21. The molecule has 5 heteroatoms. The zero-order valence-electron chi connectivity index (χ0n) is 14.0. The Labute approximate surface area is 147 Å². The molecule has 0 saturated carbocycles. The third kappa shape index (κ3) is 5.58. The number of halogens is 1. The highest BCUT2D eigenvalue weighted by atomic mass is 127. The second-order valence-electron chi connectivity index (χ2n) is 7.20. The first-order valence-corrected chi connectivity index (χ1v) is 8.29. The molecule has 2 aliphatic rings. The molecular weight excluding hydrogens is 375 g/mol. The topological polar surface area (TPSA) is 44.9 Å². The summed E-state index contributed by atoms with van der Waals surface area (Å²) in [5, 5.41) is 0. The molecule has 0 aliphatic carbocycles. The Morgan fingerprint density at radius 2 is 1.67 bits per heavy atom. The van der Waals surface area contributed by atoms with Gasteiger partial charge in [-0.25, -0.2) is 0 Å². The van der Waals surface area contributed by atoms with Gasteiger partial charge in [-0.1, -0.05) is 13.3 Å². The summed E-state index contributed by atoms with van der Waals surface area (Å²) in [5.74, 6) is 1.59. The number of rotatable bonds is 3. The molecule has 21 heavy (non-hydrogen) atoms. The second kappa shape index (κ2) is 8.56. The van der Waals surface area contributed by atoms with Crippen LogP contribution in [0.4, 0.5) is 0 Å². The number of nitrogens with two attached hydrogens (primary N) is 1. The van der Waals surface area contributed by atoms with Crippen LogP contribution < -0.4 is 5.73 Å². The fourth-order valence-corrected chi connectivity index (χ4v) is 3.21. The molecule has 0 aromatic rings. The summed E-state index contributed by atoms with van der Waals surface area (Å²) < 4.78 is 0. The van der Waals surface area contributed by atoms with Gasteiger partial charge in [-0.05, 0) is 58.5 Å². The second-order valence-corrected chi connectivity index (χ2v) is 7.20. The van der Waals surface area contributed by atoms with E-state index in [9.17, 15) is 0 Å². The minimum absolute atomic E-state index is 0. The van der Waals surface area contributed by atoms with Gasteiger partial charge in [0.1, 0.15) is 0 Å². The Morgan fingerprint density at radius 1 is 1.10 bits per heavy atom. The molecule has 0 aromatic carbocycles. The van der Waals surface area contributed by atoms with Crippen molar-refractivity contribution < 1.29 is 0 Å². The van der Waals surface area contributed by atoms with Crippen LogP contribution in [-0.2, 0) is 0 Å². The van der Waals surface area contributed by atoms with Crippen LogP contribution in [-0.4, -0.2) is 54.0 Å². The lowest BCUT2D eigenvalue weighted by molar-refractivity contribution is 0.102. The third-order valence-corrected chi connectivity index (χ3v) is 4.95. The van der Waals surface area contributed by atoms with E-state index in [4.69, 9.17) is 10.7 Å². The maximum atomic E-state index is 6.19. The Balaban J connectivity index is 0.00000220. The van der Waals surface area contributed by atoms with Crippen molar-refractivity contribution in [2.24, 2.45) is 16.6 Å². The molecule has 0 bridgehead atoms. The van der Waals surface area contributed by atoms with Crippen LogP contribution in [0.1, 0.15) is 52.9 Å². The molecule has 4 nitrogen and oxygen atoms in total. The van der Waals surface area contributed by atoms with Crippen molar-refractivity contribution in [2.75, 3.05) is 32.7 Å². The first-order chi connectivity index (χ1) is 9.49. The summed E-state index contributed by atoms with van der Waals surface area (Å²) >= 11 is 0. The minimum atomic E-state index is 0. The Bertz CT molecular complexity index is 329. The van der Waals surface area contributed by atoms with Gasteiger partial charge >= 0.3 is 0 Å². The van der Waals surface area contributed by atoms with Crippen LogP contribution in [0.2, 0.25) is 0 Å². The summed E-state index contributed by atoms with van der Waals surface area (Å²) in [5.41, 5.74) is 6.32. The molecule has 0 unspecified atom stereocenters. The van der Waals surface area contributed by atoms with Gasteiger partial charge in [0.15, 0.2) is 5.96 Å². The van der Waals surface area contributed by atoms with E-state index in [-0.39, 0.29) is 29.5 Å². The first kappa shape index (κ1) is 19.0. The average Bonchev–Trinajstić information content (AvgIpc) is 2.46. The van der Waals surface area contributed by atoms with Crippen molar-refractivity contribution in [3.05, 3.63) is 0 Å². The number of nitrogens with zero attached hydrogens (tertiary/aromatic N) is 3. The lowest BCUT2D eigenvalue weighted by Crippen LogP contribution is -2.50. The number of piperidine rings is 2. The molecule has 0 aromatic heterocycles. The van der Waals surface area contributed by atoms with E-state index in [0.29, 0.717) is 0 Å². The smallest absolute Gasteiger partial charge is 0.191 e. The highest BCUT2D eigenvalue weighted by molar-refractivity contribution is 14.0. The van der Waals surface area contributed by atoms with E-state index >= 15 is 0 Å². The molecule has 0 atom stereocenters. The average molecular weight is 408 g/mol. The van der Waals surface area contributed by atoms with E-state index in [1.807, 2.05) is 0 Å². The van der Waals surface area contributed by atoms with Gasteiger partial charge in [-0.2, -0.15) is 0 Å². The highest BCUT2D eigenvalue weighted by Crippen LogP contribution is 2.21. The molecule has 0 radical (unpaired) electrons. The molecule has 2 aliphatic heterocycles. The number of guanidine groups is 1. The molecule has 2 N–H and O–H groups in total. The van der Waals surface area contributed by atoms with Crippen molar-refractivity contribution in [1.82, 2.24) is 9.80 Å². The van der Waals surface area contributed by atoms with Gasteiger partial charge in [-0.3, -0.25) is 9.89 Å². The fraction of sp³-hybridized carbons (Fsp3) is 0.938. The molecule has 2 rings (SSSR count). The Hall–Kier alpha value is -0.0400. The van der Waals surface area contributed by atoms with Gasteiger partial charge in [0.25, 0.3) is 0 Å². The molecule has 2 heterocycles. The van der Waals surface area contributed by atoms with Crippen molar-refractivity contribution >= 4 is 29.9 Å². The highest BCUT2D eigenvalue weighted by Gasteiger charge is 2.28. The van der Waals surface area contributed by atoms with Crippen LogP contribution in [0.3, 0.4) is 0 Å². The molecule has 2 fully saturated rings. The largest absolute Gasteiger partial charge is 0.370 e. The number of hydrogen-bond donors (Lipinski definition) is 1. The molecule has 0 spiro atoms. The quantitative estimate of drug-likeness (QED) is 0.444. The zero-order chi connectivity index (χ0) is 14.6. The van der Waals surface area contributed by atoms with Crippen LogP contribution >= 0.6 is 24.0 Å². The van der Waals surface area contributed by atoms with Crippen LogP contribution in [0.15, 0.2) is 4.99 Å². The van der Waals surface area contributed by atoms with E-state index in [2.05, 4.69) is 30.6 Å². The Morgan fingerprint density at radius 3 is 2.24 bits per heavy atom. The lowest BCUT2D eigenvalue weighted by Gasteiger charge is -2.40. The predicted molar refractivity (Wildman–Crippen MR) is 101 cm³/mol. The number of likely N-dealkylation sites (tertiary alicyclic amines) is 2. The summed E-state index contributed by atoms with van der Waals surface area (Å²) in [7, 11) is 0. The van der Waals surface area contributed by atoms with Gasteiger partial charge in [-0.15, -0.1) is 24.0 Å². The maximum Gasteiger partial charge on any atom is 0.191 e. The summed E-state index contributed by atoms with van der Waals surface area (Å²) in [6, 6.07) is 0. The van der Waals surface area contributed by atoms with Crippen LogP contribution in [0.5, 0.6) is 0 Å². The number of aliphatic imine (C=N–C) groups is 1. The van der Waals surface area contributed by atoms with Crippen molar-refractivity contribution in [2.45, 2.75) is 58.4 Å². The molecule has 124 valence electrons. The van der Waals surface area contributed by atoms with Gasteiger partial charge in [0.2, 0.25) is 0 Å². The normalized spacial score (nSPS) is 23.0. The van der Waals surface area contributed by atoms with Crippen LogP contribution in [0.25, 0.3) is 0 Å². The molecular formula is C16H33IN4. The standard InChI is InChI=1S/C16H32N4.HI/c1-14-7-11-19(12-8-14)15(17)18-13-16(2,3)20-9-5-4-6-10-20;/h14H,4-13H2,1-3H3,(H2,17,18);1H. The first-order valence-electron chi connectivity index (χ1n) is 8.29. The van der Waals surface area contributed by atoms with Gasteiger partial charge < -0.3 is 10.6 Å². The molecule has 0 amide bonds. The van der Waals surface area contributed by atoms with Crippen molar-refractivity contribution in [3.8, 4) is 0 Å². The maximum absolute atomic E-state index is 6.19. The van der Waals surface area contributed by atoms with Gasteiger partial charge in [0.05, 0.1) is 6.54 Å². The van der Waals surface area contributed by atoms with Gasteiger partial charge in [0, 0.05) is 18.6 Å². The van der Waals surface area contributed by atoms with E-state index in [1.54, 1.807) is 0 Å². The van der Waals surface area contributed by atoms with E-state index < -0.39 is 0 Å². The monoisotopic (exact) mass is 408 g/mol. The van der Waals surface area contributed by atoms with Crippen LogP contribution in [0, 0.1) is 5.92 Å². The Kier molecular flexibility index (Phi) is 7.74. The minimum Gasteiger partial charge on any atom is -0.370 e.